The third kappa shape index (κ3) is 3.13. The van der Waals surface area contributed by atoms with Crippen molar-refractivity contribution in [2.75, 3.05) is 18.6 Å². The lowest BCUT2D eigenvalue weighted by Crippen LogP contribution is -2.26. The van der Waals surface area contributed by atoms with E-state index < -0.39 is 5.82 Å². The molecule has 1 atom stereocenters. The molecule has 4 rings (SSSR count). The van der Waals surface area contributed by atoms with Gasteiger partial charge in [-0.1, -0.05) is 23.4 Å². The van der Waals surface area contributed by atoms with Crippen molar-refractivity contribution in [1.82, 2.24) is 10.1 Å². The van der Waals surface area contributed by atoms with E-state index in [1.54, 1.807) is 11.0 Å². The molecule has 1 amide bonds. The van der Waals surface area contributed by atoms with Crippen LogP contribution in [0.4, 0.5) is 10.1 Å². The van der Waals surface area contributed by atoms with Crippen molar-refractivity contribution < 1.29 is 18.4 Å². The van der Waals surface area contributed by atoms with Crippen LogP contribution in [-0.2, 0) is 4.79 Å². The molecule has 1 fully saturated rings. The lowest BCUT2D eigenvalue weighted by molar-refractivity contribution is -0.117. The van der Waals surface area contributed by atoms with Crippen LogP contribution >= 0.6 is 0 Å². The predicted octanol–water partition coefficient (Wildman–Crippen LogP) is 4.02. The van der Waals surface area contributed by atoms with Gasteiger partial charge in [0.1, 0.15) is 0 Å². The molecule has 0 spiro atoms. The number of carbonyl (C=O) groups is 1. The Balaban J connectivity index is 1.58. The Morgan fingerprint density at radius 2 is 1.96 bits per heavy atom. The largest absolute Gasteiger partial charge is 0.494 e. The van der Waals surface area contributed by atoms with Crippen LogP contribution in [0.25, 0.3) is 11.4 Å². The van der Waals surface area contributed by atoms with Crippen molar-refractivity contribution in [2.45, 2.75) is 26.2 Å². The number of hydrogen-bond donors (Lipinski definition) is 0. The van der Waals surface area contributed by atoms with Crippen LogP contribution in [0.5, 0.6) is 5.75 Å². The third-order valence-electron chi connectivity index (χ3n) is 5.04. The molecular formula is C21H20FN3O3. The number of rotatable bonds is 4. The molecule has 7 heteroatoms. The zero-order valence-electron chi connectivity index (χ0n) is 15.9. The van der Waals surface area contributed by atoms with Crippen molar-refractivity contribution in [3.63, 3.8) is 0 Å². The number of anilines is 1. The first-order valence-corrected chi connectivity index (χ1v) is 9.02. The van der Waals surface area contributed by atoms with E-state index >= 15 is 0 Å². The van der Waals surface area contributed by atoms with Gasteiger partial charge in [-0.3, -0.25) is 4.79 Å². The number of carbonyl (C=O) groups excluding carboxylic acids is 1. The zero-order chi connectivity index (χ0) is 19.8. The van der Waals surface area contributed by atoms with Gasteiger partial charge in [-0.2, -0.15) is 4.98 Å². The molecule has 2 aromatic carbocycles. The minimum absolute atomic E-state index is 0.0256. The van der Waals surface area contributed by atoms with Crippen molar-refractivity contribution in [3.8, 4) is 17.1 Å². The maximum absolute atomic E-state index is 13.9. The topological polar surface area (TPSA) is 68.5 Å². The summed E-state index contributed by atoms with van der Waals surface area (Å²) in [6.07, 6.45) is 0.298. The SMILES string of the molecule is COc1ccc(-c2noc(C3CC(=O)N(c4c(C)cccc4C)C3)n2)cc1F. The van der Waals surface area contributed by atoms with Crippen LogP contribution in [0.15, 0.2) is 40.9 Å². The summed E-state index contributed by atoms with van der Waals surface area (Å²) >= 11 is 0. The Hall–Kier alpha value is -3.22. The molecule has 144 valence electrons. The van der Waals surface area contributed by atoms with Gasteiger partial charge < -0.3 is 14.2 Å². The number of aryl methyl sites for hydroxylation is 2. The standard InChI is InChI=1S/C21H20FN3O3/c1-12-5-4-6-13(2)19(12)25-11-15(10-18(25)26)21-23-20(24-28-21)14-7-8-17(27-3)16(22)9-14/h4-9,15H,10-11H2,1-3H3. The summed E-state index contributed by atoms with van der Waals surface area (Å²) in [5, 5.41) is 3.96. The van der Waals surface area contributed by atoms with Gasteiger partial charge in [0.15, 0.2) is 11.6 Å². The summed E-state index contributed by atoms with van der Waals surface area (Å²) in [5.41, 5.74) is 3.53. The minimum atomic E-state index is -0.497. The lowest BCUT2D eigenvalue weighted by atomic mass is 10.1. The van der Waals surface area contributed by atoms with E-state index in [0.717, 1.165) is 16.8 Å². The van der Waals surface area contributed by atoms with Crippen LogP contribution in [0.2, 0.25) is 0 Å². The Kier molecular flexibility index (Phi) is 4.58. The summed E-state index contributed by atoms with van der Waals surface area (Å²) in [4.78, 5) is 18.8. The number of benzene rings is 2. The first-order chi connectivity index (χ1) is 13.5. The van der Waals surface area contributed by atoms with Crippen LogP contribution < -0.4 is 9.64 Å². The Morgan fingerprint density at radius 1 is 1.21 bits per heavy atom. The predicted molar refractivity (Wildman–Crippen MR) is 102 cm³/mol. The minimum Gasteiger partial charge on any atom is -0.494 e. The average molecular weight is 381 g/mol. The van der Waals surface area contributed by atoms with E-state index in [-0.39, 0.29) is 23.4 Å². The number of nitrogens with zero attached hydrogens (tertiary/aromatic N) is 3. The molecule has 0 bridgehead atoms. The molecule has 0 saturated carbocycles. The van der Waals surface area contributed by atoms with E-state index in [0.29, 0.717) is 24.4 Å². The Labute approximate surface area is 161 Å². The van der Waals surface area contributed by atoms with Gasteiger partial charge in [-0.25, -0.2) is 4.39 Å². The molecule has 28 heavy (non-hydrogen) atoms. The zero-order valence-corrected chi connectivity index (χ0v) is 15.9. The Morgan fingerprint density at radius 3 is 2.64 bits per heavy atom. The van der Waals surface area contributed by atoms with E-state index in [9.17, 15) is 9.18 Å². The summed E-state index contributed by atoms with van der Waals surface area (Å²) in [6.45, 7) is 4.46. The number of amides is 1. The highest BCUT2D eigenvalue weighted by molar-refractivity contribution is 5.97. The van der Waals surface area contributed by atoms with Gasteiger partial charge in [0, 0.05) is 24.2 Å². The van der Waals surface area contributed by atoms with Crippen molar-refractivity contribution in [2.24, 2.45) is 0 Å². The van der Waals surface area contributed by atoms with Gasteiger partial charge in [-0.15, -0.1) is 0 Å². The normalized spacial score (nSPS) is 16.6. The average Bonchev–Trinajstić information content (AvgIpc) is 3.29. The molecule has 1 aliphatic rings. The second-order valence-corrected chi connectivity index (χ2v) is 6.95. The van der Waals surface area contributed by atoms with E-state index in [1.165, 1.54) is 19.2 Å². The smallest absolute Gasteiger partial charge is 0.232 e. The van der Waals surface area contributed by atoms with Gasteiger partial charge in [0.2, 0.25) is 17.6 Å². The van der Waals surface area contributed by atoms with Crippen molar-refractivity contribution in [1.29, 1.82) is 0 Å². The number of halogens is 1. The maximum atomic E-state index is 13.9. The summed E-state index contributed by atoms with van der Waals surface area (Å²) in [5.74, 6) is 0.151. The number of aromatic nitrogens is 2. The fourth-order valence-electron chi connectivity index (χ4n) is 3.64. The first-order valence-electron chi connectivity index (χ1n) is 9.02. The number of ether oxygens (including phenoxy) is 1. The summed E-state index contributed by atoms with van der Waals surface area (Å²) in [6, 6.07) is 10.4. The quantitative estimate of drug-likeness (QED) is 0.683. The molecule has 0 N–H and O–H groups in total. The molecule has 0 aliphatic carbocycles. The van der Waals surface area contributed by atoms with Gasteiger partial charge in [-0.05, 0) is 43.2 Å². The highest BCUT2D eigenvalue weighted by Gasteiger charge is 2.36. The van der Waals surface area contributed by atoms with E-state index in [4.69, 9.17) is 9.26 Å². The second kappa shape index (κ2) is 7.07. The van der Waals surface area contributed by atoms with Crippen LogP contribution in [0.1, 0.15) is 29.4 Å². The van der Waals surface area contributed by atoms with Gasteiger partial charge in [0.25, 0.3) is 0 Å². The lowest BCUT2D eigenvalue weighted by Gasteiger charge is -2.21. The first kappa shape index (κ1) is 18.2. The monoisotopic (exact) mass is 381 g/mol. The van der Waals surface area contributed by atoms with Crippen LogP contribution in [0, 0.1) is 19.7 Å². The number of methoxy groups -OCH3 is 1. The molecule has 1 aliphatic heterocycles. The molecule has 6 nitrogen and oxygen atoms in total. The Bertz CT molecular complexity index is 1030. The number of para-hydroxylation sites is 1. The molecule has 0 radical (unpaired) electrons. The van der Waals surface area contributed by atoms with Crippen molar-refractivity contribution >= 4 is 11.6 Å². The molecule has 2 heterocycles. The van der Waals surface area contributed by atoms with Crippen LogP contribution in [-0.4, -0.2) is 29.7 Å². The molecule has 3 aromatic rings. The van der Waals surface area contributed by atoms with E-state index in [2.05, 4.69) is 10.1 Å². The summed E-state index contributed by atoms with van der Waals surface area (Å²) in [7, 11) is 1.41. The van der Waals surface area contributed by atoms with Gasteiger partial charge >= 0.3 is 0 Å². The highest BCUT2D eigenvalue weighted by atomic mass is 19.1. The maximum Gasteiger partial charge on any atom is 0.232 e. The molecule has 1 unspecified atom stereocenters. The summed E-state index contributed by atoms with van der Waals surface area (Å²) < 4.78 is 24.3. The third-order valence-corrected chi connectivity index (χ3v) is 5.04. The highest BCUT2D eigenvalue weighted by Crippen LogP contribution is 2.35. The molecule has 1 saturated heterocycles. The van der Waals surface area contributed by atoms with E-state index in [1.807, 2.05) is 32.0 Å². The number of hydrogen-bond acceptors (Lipinski definition) is 5. The fraction of sp³-hybridized carbons (Fsp3) is 0.286. The van der Waals surface area contributed by atoms with Crippen molar-refractivity contribution in [3.05, 3.63) is 59.2 Å². The van der Waals surface area contributed by atoms with Crippen LogP contribution in [0.3, 0.4) is 0 Å². The molecular weight excluding hydrogens is 361 g/mol. The second-order valence-electron chi connectivity index (χ2n) is 6.95. The fourth-order valence-corrected chi connectivity index (χ4v) is 3.64. The van der Waals surface area contributed by atoms with Gasteiger partial charge in [0.05, 0.1) is 13.0 Å². The molecule has 1 aromatic heterocycles.